The lowest BCUT2D eigenvalue weighted by atomic mass is 9.79. The predicted molar refractivity (Wildman–Crippen MR) is 474 cm³/mol. The maximum absolute atomic E-state index is 12.8. The summed E-state index contributed by atoms with van der Waals surface area (Å²) in [4.78, 5) is 0. The number of alkyl halides is 25. The van der Waals surface area contributed by atoms with E-state index in [4.69, 9.17) is 14.2 Å². The third-order valence-electron chi connectivity index (χ3n) is 29.3. The van der Waals surface area contributed by atoms with Gasteiger partial charge in [-0.3, -0.25) is 14.2 Å². The molecule has 792 valence electrons. The van der Waals surface area contributed by atoms with Gasteiger partial charge in [0.15, 0.2) is 0 Å². The Bertz CT molecular complexity index is 2670. The molecule has 7 nitrogen and oxygen atoms in total. The summed E-state index contributed by atoms with van der Waals surface area (Å²) < 4.78 is 332. The summed E-state index contributed by atoms with van der Waals surface area (Å²) in [6.07, 6.45) is 16.9. The Hall–Kier alpha value is -2.03. The largest absolute Gasteiger partial charge is 0.522 e. The number of methoxy groups -OCH3 is 3. The summed E-state index contributed by atoms with van der Waals surface area (Å²) in [5.41, 5.74) is 0. The molecule has 10 atom stereocenters. The van der Waals surface area contributed by atoms with Gasteiger partial charge in [0.05, 0.1) is 42.7 Å². The Kier molecular flexibility index (Phi) is 64.7. The molecule has 12 saturated carbocycles. The molecule has 12 fully saturated rings. The summed E-state index contributed by atoms with van der Waals surface area (Å²) in [6.45, 7) is 23.7. The van der Waals surface area contributed by atoms with Crippen molar-refractivity contribution in [3.8, 4) is 0 Å². The predicted octanol–water partition coefficient (Wildman–Crippen LogP) is 36.5. The monoisotopic (exact) mass is 1960 g/mol. The lowest BCUT2D eigenvalue weighted by Gasteiger charge is -2.33. The zero-order valence-electron chi connectivity index (χ0n) is 82.8. The molecular weight excluding hydrogens is 1790 g/mol. The Labute approximate surface area is 778 Å². The number of hydrogen-bond donors (Lipinski definition) is 0. The van der Waals surface area contributed by atoms with Crippen molar-refractivity contribution in [1.29, 1.82) is 0 Å². The summed E-state index contributed by atoms with van der Waals surface area (Å²) in [7, 11) is 5.47. The van der Waals surface area contributed by atoms with Gasteiger partial charge in [0.2, 0.25) is 18.8 Å². The first-order valence-electron chi connectivity index (χ1n) is 50.4. The van der Waals surface area contributed by atoms with Gasteiger partial charge in [-0.1, -0.05) is 212 Å². The van der Waals surface area contributed by atoms with Crippen LogP contribution in [0.3, 0.4) is 0 Å². The Morgan fingerprint density at radius 2 is 0.591 bits per heavy atom. The molecule has 132 heavy (non-hydrogen) atoms. The van der Waals surface area contributed by atoms with Gasteiger partial charge in [-0.2, -0.15) is 43.9 Å². The third kappa shape index (κ3) is 63.7. The number of hydrogen-bond acceptors (Lipinski definition) is 7. The summed E-state index contributed by atoms with van der Waals surface area (Å²) >= 11 is 0. The molecule has 0 spiro atoms. The second kappa shape index (κ2) is 66.7. The fourth-order valence-electron chi connectivity index (χ4n) is 20.0. The number of halogens is 25. The molecule has 32 heteroatoms. The van der Waals surface area contributed by atoms with Gasteiger partial charge in [-0.05, 0) is 270 Å². The molecule has 0 bridgehead atoms. The van der Waals surface area contributed by atoms with Crippen LogP contribution < -0.4 is 0 Å². The van der Waals surface area contributed by atoms with Crippen LogP contribution in [-0.2, 0) is 33.2 Å². The summed E-state index contributed by atoms with van der Waals surface area (Å²) in [5, 5.41) is 0. The van der Waals surface area contributed by atoms with Crippen molar-refractivity contribution in [1.82, 2.24) is 0 Å². The average molecular weight is 1960 g/mol. The van der Waals surface area contributed by atoms with Crippen LogP contribution in [0.1, 0.15) is 411 Å². The zero-order valence-corrected chi connectivity index (χ0v) is 82.8. The van der Waals surface area contributed by atoms with E-state index in [0.717, 1.165) is 191 Å². The molecule has 12 rings (SSSR count). The van der Waals surface area contributed by atoms with Gasteiger partial charge < -0.3 is 18.9 Å². The van der Waals surface area contributed by atoms with Crippen molar-refractivity contribution in [2.75, 3.05) is 21.3 Å². The molecule has 0 N–H and O–H groups in total. The van der Waals surface area contributed by atoms with E-state index in [0.29, 0.717) is 118 Å². The van der Waals surface area contributed by atoms with Crippen LogP contribution in [0.15, 0.2) is 0 Å². The van der Waals surface area contributed by atoms with Crippen LogP contribution in [0.2, 0.25) is 0 Å². The van der Waals surface area contributed by atoms with Gasteiger partial charge in [0.1, 0.15) is 0 Å². The van der Waals surface area contributed by atoms with E-state index >= 15 is 0 Å². The molecule has 0 aliphatic heterocycles. The highest BCUT2D eigenvalue weighted by Gasteiger charge is 2.62. The fourth-order valence-corrected chi connectivity index (χ4v) is 20.0. The Morgan fingerprint density at radius 3 is 0.902 bits per heavy atom. The average Bonchev–Trinajstić information content (AvgIpc) is 0.796. The standard InChI is InChI=1S/C9H13F5.C9H15F3.2C9H16F2.3C8H13F3O.C8H14F2O.C8H14F2.3C8H16O/c1-6-2-4-7(5-3-6)8(10,11)9(12,13)14;1-7-2-4-8(5-3-7)6-9(10,11)12;1-7-3-5-8(6-4-7)9(2,10)11;1-7-2-4-8(5-3-7)6-9(10)11;1-6-2-4-7(5-3-6)12-8(9,10)11;1-6-3-2-4-7(5-6)12-8(9,10)11;1-6-4-2-3-5-7(6)12-8(9,10)11;1-6-4-2-3-5-7(6)11-8(9)10;1-6-2-4-7(5-3-6)8(9)10;1-7-3-5-8(9-2)6-4-7;1-7-4-3-5-8(6-7)9-2;1-7-5-3-4-6-8(7)9-2/h6-7H,2-5H2,1H3;7-8H,2-6H2,1H3;7-8H,3-6H2,1-2H3;7-9H,2-6H2,1H3;3*6-7H,2-5H2,1H3;6-8H,2-5H2,1H3;6-8H,2-5H2,1H3;3*7-8H,3-6H2,1-2H3. The van der Waals surface area contributed by atoms with Crippen molar-refractivity contribution >= 4 is 0 Å². The lowest BCUT2D eigenvalue weighted by molar-refractivity contribution is -0.350. The van der Waals surface area contributed by atoms with Crippen LogP contribution in [0.25, 0.3) is 0 Å². The highest BCUT2D eigenvalue weighted by atomic mass is 19.4. The van der Waals surface area contributed by atoms with Crippen molar-refractivity contribution in [2.24, 2.45) is 101 Å². The highest BCUT2D eigenvalue weighted by Crippen LogP contribution is 2.49. The zero-order chi connectivity index (χ0) is 100. The molecular formula is C100H175F25O7. The molecule has 0 aromatic carbocycles. The molecule has 0 amide bonds. The molecule has 12 aliphatic rings. The Morgan fingerprint density at radius 1 is 0.273 bits per heavy atom. The topological polar surface area (TPSA) is 64.6 Å². The normalized spacial score (nSPS) is 33.3. The second-order valence-corrected chi connectivity index (χ2v) is 41.8. The van der Waals surface area contributed by atoms with E-state index < -0.39 is 93.4 Å². The van der Waals surface area contributed by atoms with E-state index in [1.54, 1.807) is 0 Å². The molecule has 0 aromatic heterocycles. The summed E-state index contributed by atoms with van der Waals surface area (Å²) in [5.74, 6) is -1.99. The lowest BCUT2D eigenvalue weighted by Crippen LogP contribution is -2.44. The van der Waals surface area contributed by atoms with Gasteiger partial charge in [-0.25, -0.2) is 26.3 Å². The van der Waals surface area contributed by atoms with Crippen molar-refractivity contribution in [3.05, 3.63) is 0 Å². The first-order chi connectivity index (χ1) is 61.2. The van der Waals surface area contributed by atoms with Crippen LogP contribution in [0.4, 0.5) is 110 Å². The van der Waals surface area contributed by atoms with Gasteiger partial charge in [0.25, 0.3) is 0 Å². The maximum Gasteiger partial charge on any atom is 0.522 e. The molecule has 12 aliphatic carbocycles. The van der Waals surface area contributed by atoms with Crippen LogP contribution in [0.5, 0.6) is 0 Å². The number of ether oxygens (including phenoxy) is 7. The molecule has 10 unspecified atom stereocenters. The Balaban J connectivity index is 0.000000721. The SMILES string of the molecule is CC1CCC(C(C)(F)F)CC1.CC1CCC(C(F)(F)C(F)(F)F)CC1.CC1CCC(C(F)F)CC1.CC1CCC(CC(F)(F)F)CC1.CC1CCC(CC(F)F)CC1.CC1CCC(OC(F)(F)F)CC1.CC1CCCC(OC(F)(F)F)C1.CC1CCCCC1OC(F)(F)F.CC1CCCCC1OC(F)F.COC1CCC(C)CC1.COC1CCCC(C)C1.COC1CCCCC1C. The fraction of sp³-hybridized carbons (Fsp3) is 1.00. The van der Waals surface area contributed by atoms with Crippen molar-refractivity contribution < 1.29 is 143 Å². The highest BCUT2D eigenvalue weighted by molar-refractivity contribution is 4.88. The van der Waals surface area contributed by atoms with Gasteiger partial charge in [0, 0.05) is 51.9 Å². The van der Waals surface area contributed by atoms with Crippen LogP contribution >= 0.6 is 0 Å². The minimum absolute atomic E-state index is 0.0202. The molecule has 0 radical (unpaired) electrons. The van der Waals surface area contributed by atoms with Gasteiger partial charge in [-0.15, -0.1) is 39.5 Å². The van der Waals surface area contributed by atoms with Crippen LogP contribution in [-0.4, -0.2) is 127 Å². The maximum atomic E-state index is 12.8. The third-order valence-corrected chi connectivity index (χ3v) is 29.3. The van der Waals surface area contributed by atoms with Crippen molar-refractivity contribution in [3.63, 3.8) is 0 Å². The van der Waals surface area contributed by atoms with Crippen molar-refractivity contribution in [2.45, 2.75) is 517 Å². The molecule has 0 heterocycles. The van der Waals surface area contributed by atoms with Gasteiger partial charge >= 0.3 is 44.0 Å². The van der Waals surface area contributed by atoms with Crippen LogP contribution in [0, 0.1) is 101 Å². The quantitative estimate of drug-likeness (QED) is 0.161. The minimum atomic E-state index is -5.39. The van der Waals surface area contributed by atoms with E-state index in [9.17, 15) is 110 Å². The number of rotatable bonds is 14. The van der Waals surface area contributed by atoms with E-state index in [1.807, 2.05) is 49.0 Å². The first kappa shape index (κ1) is 128. The smallest absolute Gasteiger partial charge is 0.381 e. The first-order valence-corrected chi connectivity index (χ1v) is 50.4. The second-order valence-electron chi connectivity index (χ2n) is 41.8. The van der Waals surface area contributed by atoms with E-state index in [2.05, 4.69) is 74.3 Å². The molecule has 0 aromatic rings. The minimum Gasteiger partial charge on any atom is -0.381 e. The van der Waals surface area contributed by atoms with E-state index in [-0.39, 0.29) is 55.0 Å². The summed E-state index contributed by atoms with van der Waals surface area (Å²) in [6, 6.07) is 0. The molecule has 0 saturated heterocycles. The van der Waals surface area contributed by atoms with E-state index in [1.165, 1.54) is 77.0 Å².